The number of hydrogen-bond donors (Lipinski definition) is 2. The lowest BCUT2D eigenvalue weighted by molar-refractivity contribution is 0.507. The van der Waals surface area contributed by atoms with Gasteiger partial charge in [-0.25, -0.2) is 8.78 Å². The zero-order valence-corrected chi connectivity index (χ0v) is 8.32. The molecule has 6 heteroatoms. The highest BCUT2D eigenvalue weighted by Crippen LogP contribution is 2.23. The summed E-state index contributed by atoms with van der Waals surface area (Å²) >= 11 is 0. The topological polar surface area (TPSA) is 76.8 Å². The predicted octanol–water partition coefficient (Wildman–Crippen LogP) is 0.734. The maximum atomic E-state index is 13.1. The Hall–Kier alpha value is -1.82. The van der Waals surface area contributed by atoms with Gasteiger partial charge in [-0.1, -0.05) is 6.07 Å². The molecule has 0 fully saturated rings. The van der Waals surface area contributed by atoms with Gasteiger partial charge in [0.05, 0.1) is 11.6 Å². The maximum absolute atomic E-state index is 13.1. The van der Waals surface area contributed by atoms with E-state index in [9.17, 15) is 8.78 Å². The summed E-state index contributed by atoms with van der Waals surface area (Å²) in [6.07, 6.45) is 0. The van der Waals surface area contributed by atoms with Crippen LogP contribution in [-0.4, -0.2) is 18.1 Å². The molecule has 16 heavy (non-hydrogen) atoms. The van der Waals surface area contributed by atoms with Crippen LogP contribution in [0, 0.1) is 11.6 Å². The number of amidine groups is 1. The molecule has 1 aliphatic rings. The Morgan fingerprint density at radius 1 is 1.19 bits per heavy atom. The van der Waals surface area contributed by atoms with E-state index in [0.29, 0.717) is 11.3 Å². The lowest BCUT2D eigenvalue weighted by Crippen LogP contribution is -2.29. The molecule has 0 bridgehead atoms. The second-order valence-electron chi connectivity index (χ2n) is 3.43. The van der Waals surface area contributed by atoms with Gasteiger partial charge in [0.25, 0.3) is 0 Å². The minimum Gasteiger partial charge on any atom is -0.385 e. The van der Waals surface area contributed by atoms with E-state index in [-0.39, 0.29) is 12.4 Å². The van der Waals surface area contributed by atoms with Crippen molar-refractivity contribution in [3.05, 3.63) is 35.4 Å². The smallest absolute Gasteiger partial charge is 0.159 e. The maximum Gasteiger partial charge on any atom is 0.159 e. The molecule has 1 aliphatic heterocycles. The third-order valence-electron chi connectivity index (χ3n) is 2.41. The summed E-state index contributed by atoms with van der Waals surface area (Å²) in [7, 11) is 0. The Morgan fingerprint density at radius 3 is 2.56 bits per heavy atom. The Bertz CT molecular complexity index is 482. The summed E-state index contributed by atoms with van der Waals surface area (Å²) < 4.78 is 25.8. The van der Waals surface area contributed by atoms with Crippen LogP contribution < -0.4 is 11.5 Å². The first kappa shape index (κ1) is 10.7. The van der Waals surface area contributed by atoms with Gasteiger partial charge in [0.1, 0.15) is 5.84 Å². The van der Waals surface area contributed by atoms with Gasteiger partial charge in [-0.2, -0.15) is 5.10 Å². The van der Waals surface area contributed by atoms with Gasteiger partial charge in [0, 0.05) is 6.54 Å². The van der Waals surface area contributed by atoms with Crippen molar-refractivity contribution >= 4 is 11.5 Å². The minimum absolute atomic E-state index is 0.174. The molecule has 0 aliphatic carbocycles. The van der Waals surface area contributed by atoms with Gasteiger partial charge < -0.3 is 11.5 Å². The molecule has 0 aromatic heterocycles. The standard InChI is InChI=1S/C10H10F2N4/c11-6-2-1-5(3-7(6)12)9-8(4-13)15-16-10(9)14/h1-3,9H,4,13H2,(H2,14,16). The van der Waals surface area contributed by atoms with Crippen molar-refractivity contribution in [3.63, 3.8) is 0 Å². The molecule has 1 unspecified atom stereocenters. The van der Waals surface area contributed by atoms with Crippen molar-refractivity contribution in [2.24, 2.45) is 21.7 Å². The molecular weight excluding hydrogens is 214 g/mol. The molecule has 0 spiro atoms. The quantitative estimate of drug-likeness (QED) is 0.777. The molecule has 1 heterocycles. The molecule has 0 saturated heterocycles. The normalized spacial score (nSPS) is 19.6. The van der Waals surface area contributed by atoms with Crippen LogP contribution in [0.1, 0.15) is 11.5 Å². The van der Waals surface area contributed by atoms with Crippen molar-refractivity contribution < 1.29 is 8.78 Å². The number of nitrogens with zero attached hydrogens (tertiary/aromatic N) is 2. The summed E-state index contributed by atoms with van der Waals surface area (Å²) in [5.41, 5.74) is 12.1. The summed E-state index contributed by atoms with van der Waals surface area (Å²) in [5.74, 6) is -2.02. The van der Waals surface area contributed by atoms with Crippen LogP contribution in [0.5, 0.6) is 0 Å². The van der Waals surface area contributed by atoms with Crippen molar-refractivity contribution in [3.8, 4) is 0 Å². The predicted molar refractivity (Wildman–Crippen MR) is 57.2 cm³/mol. The third kappa shape index (κ3) is 1.67. The largest absolute Gasteiger partial charge is 0.385 e. The molecule has 0 radical (unpaired) electrons. The Labute approximate surface area is 90.7 Å². The Balaban J connectivity index is 2.40. The van der Waals surface area contributed by atoms with Crippen LogP contribution in [0.25, 0.3) is 0 Å². The average Bonchev–Trinajstić information content (AvgIpc) is 2.64. The Morgan fingerprint density at radius 2 is 1.94 bits per heavy atom. The first-order valence-electron chi connectivity index (χ1n) is 4.68. The van der Waals surface area contributed by atoms with Crippen molar-refractivity contribution in [1.29, 1.82) is 0 Å². The van der Waals surface area contributed by atoms with E-state index in [1.807, 2.05) is 0 Å². The first-order valence-corrected chi connectivity index (χ1v) is 4.68. The van der Waals surface area contributed by atoms with Gasteiger partial charge in [0.2, 0.25) is 0 Å². The highest BCUT2D eigenvalue weighted by Gasteiger charge is 2.26. The van der Waals surface area contributed by atoms with Crippen LogP contribution in [0.2, 0.25) is 0 Å². The van der Waals surface area contributed by atoms with Crippen molar-refractivity contribution in [2.75, 3.05) is 6.54 Å². The van der Waals surface area contributed by atoms with Crippen molar-refractivity contribution in [2.45, 2.75) is 5.92 Å². The van der Waals surface area contributed by atoms with E-state index < -0.39 is 17.6 Å². The van der Waals surface area contributed by atoms with E-state index in [0.717, 1.165) is 12.1 Å². The molecule has 1 aromatic carbocycles. The summed E-state index contributed by atoms with van der Waals surface area (Å²) in [5, 5.41) is 7.47. The third-order valence-corrected chi connectivity index (χ3v) is 2.41. The van der Waals surface area contributed by atoms with E-state index >= 15 is 0 Å². The summed E-state index contributed by atoms with van der Waals surface area (Å²) in [4.78, 5) is 0. The van der Waals surface area contributed by atoms with Gasteiger partial charge in [-0.15, -0.1) is 5.10 Å². The zero-order valence-electron chi connectivity index (χ0n) is 8.32. The van der Waals surface area contributed by atoms with E-state index in [1.54, 1.807) is 0 Å². The zero-order chi connectivity index (χ0) is 11.7. The highest BCUT2D eigenvalue weighted by atomic mass is 19.2. The lowest BCUT2D eigenvalue weighted by atomic mass is 9.93. The summed E-state index contributed by atoms with van der Waals surface area (Å²) in [6, 6.07) is 3.57. The molecule has 4 nitrogen and oxygen atoms in total. The van der Waals surface area contributed by atoms with Gasteiger partial charge in [-0.3, -0.25) is 0 Å². The minimum atomic E-state index is -0.923. The van der Waals surface area contributed by atoms with Crippen LogP contribution in [0.3, 0.4) is 0 Å². The number of nitrogens with two attached hydrogens (primary N) is 2. The van der Waals surface area contributed by atoms with Gasteiger partial charge >= 0.3 is 0 Å². The van der Waals surface area contributed by atoms with Crippen LogP contribution in [0.15, 0.2) is 28.4 Å². The monoisotopic (exact) mass is 224 g/mol. The second kappa shape index (κ2) is 3.97. The molecule has 1 aromatic rings. The van der Waals surface area contributed by atoms with E-state index in [4.69, 9.17) is 11.5 Å². The number of benzene rings is 1. The SMILES string of the molecule is NCC1=NN=C(N)C1c1ccc(F)c(F)c1. The lowest BCUT2D eigenvalue weighted by Gasteiger charge is -2.12. The number of hydrogen-bond acceptors (Lipinski definition) is 4. The highest BCUT2D eigenvalue weighted by molar-refractivity contribution is 6.14. The van der Waals surface area contributed by atoms with Crippen LogP contribution in [0.4, 0.5) is 8.78 Å². The van der Waals surface area contributed by atoms with Crippen molar-refractivity contribution in [1.82, 2.24) is 0 Å². The fourth-order valence-electron chi connectivity index (χ4n) is 1.62. The Kier molecular flexibility index (Phi) is 2.66. The first-order chi connectivity index (χ1) is 7.63. The van der Waals surface area contributed by atoms with Crippen LogP contribution in [-0.2, 0) is 0 Å². The molecule has 2 rings (SSSR count). The van der Waals surface area contributed by atoms with Gasteiger partial charge in [0.15, 0.2) is 11.6 Å². The fourth-order valence-corrected chi connectivity index (χ4v) is 1.62. The molecular formula is C10H10F2N4. The van der Waals surface area contributed by atoms with E-state index in [1.165, 1.54) is 6.07 Å². The fraction of sp³-hybridized carbons (Fsp3) is 0.200. The van der Waals surface area contributed by atoms with Crippen LogP contribution >= 0.6 is 0 Å². The average molecular weight is 224 g/mol. The number of rotatable bonds is 2. The number of halogens is 2. The molecule has 0 saturated carbocycles. The molecule has 84 valence electrons. The molecule has 4 N–H and O–H groups in total. The molecule has 0 amide bonds. The second-order valence-corrected chi connectivity index (χ2v) is 3.43. The molecule has 1 atom stereocenters. The summed E-state index contributed by atoms with van der Waals surface area (Å²) in [6.45, 7) is 0.174. The van der Waals surface area contributed by atoms with Gasteiger partial charge in [-0.05, 0) is 17.7 Å². The van der Waals surface area contributed by atoms with E-state index in [2.05, 4.69) is 10.2 Å².